The molecule has 226 valence electrons. The molecule has 0 saturated heterocycles. The van der Waals surface area contributed by atoms with E-state index in [4.69, 9.17) is 10.1 Å². The van der Waals surface area contributed by atoms with Gasteiger partial charge in [-0.1, -0.05) is 57.7 Å². The van der Waals surface area contributed by atoms with Crippen molar-refractivity contribution in [3.05, 3.63) is 96.2 Å². The fourth-order valence-corrected chi connectivity index (χ4v) is 3.93. The van der Waals surface area contributed by atoms with Crippen LogP contribution in [0.4, 0.5) is 20.2 Å². The molecule has 1 unspecified atom stereocenters. The summed E-state index contributed by atoms with van der Waals surface area (Å²) in [5.41, 5.74) is 3.44. The van der Waals surface area contributed by atoms with E-state index in [2.05, 4.69) is 23.5 Å². The zero-order chi connectivity index (χ0) is 31.7. The summed E-state index contributed by atoms with van der Waals surface area (Å²) in [5.74, 6) is -1.95. The van der Waals surface area contributed by atoms with Crippen molar-refractivity contribution in [2.75, 3.05) is 0 Å². The highest BCUT2D eigenvalue weighted by Crippen LogP contribution is 2.31. The van der Waals surface area contributed by atoms with Crippen molar-refractivity contribution in [1.29, 1.82) is 0 Å². The Bertz CT molecular complexity index is 1300. The van der Waals surface area contributed by atoms with Gasteiger partial charge in [-0.25, -0.2) is 8.78 Å². The van der Waals surface area contributed by atoms with Crippen LogP contribution in [0.2, 0.25) is 0 Å². The van der Waals surface area contributed by atoms with E-state index >= 15 is 0 Å². The summed E-state index contributed by atoms with van der Waals surface area (Å²) in [6.45, 7) is 16.3. The molecule has 0 radical (unpaired) electrons. The number of amides is 1. The molecule has 1 rings (SSSR count). The van der Waals surface area contributed by atoms with Crippen LogP contribution in [-0.2, 0) is 4.79 Å². The smallest absolute Gasteiger partial charge is 0.303 e. The van der Waals surface area contributed by atoms with Crippen LogP contribution in [0.25, 0.3) is 0 Å². The summed E-state index contributed by atoms with van der Waals surface area (Å²) in [6.07, 6.45) is 12.6. The first-order chi connectivity index (χ1) is 19.9. The average Bonchev–Trinajstić information content (AvgIpc) is 2.95. The molecule has 0 heterocycles. The summed E-state index contributed by atoms with van der Waals surface area (Å²) in [6, 6.07) is 4.66. The Hall–Kier alpha value is -4.20. The Morgan fingerprint density at radius 1 is 1.02 bits per heavy atom. The second-order valence-corrected chi connectivity index (χ2v) is 10.0. The monoisotopic (exact) mass is 579 g/mol. The van der Waals surface area contributed by atoms with Crippen LogP contribution in [0.1, 0.15) is 77.1 Å². The first-order valence-electron chi connectivity index (χ1n) is 14.0. The van der Waals surface area contributed by atoms with E-state index in [-0.39, 0.29) is 30.1 Å². The lowest BCUT2D eigenvalue weighted by Crippen LogP contribution is -2.39. The number of unbranched alkanes of at least 4 members (excludes halogenated alkanes) is 2. The van der Waals surface area contributed by atoms with Crippen molar-refractivity contribution < 1.29 is 23.5 Å². The Labute approximate surface area is 248 Å². The molecule has 8 heteroatoms. The second kappa shape index (κ2) is 19.0. The van der Waals surface area contributed by atoms with Crippen LogP contribution in [0.3, 0.4) is 0 Å². The molecule has 0 aliphatic heterocycles. The molecule has 0 fully saturated rings. The van der Waals surface area contributed by atoms with E-state index in [0.29, 0.717) is 53.9 Å². The van der Waals surface area contributed by atoms with E-state index in [0.717, 1.165) is 11.6 Å². The molecular weight excluding hydrogens is 536 g/mol. The van der Waals surface area contributed by atoms with E-state index in [1.165, 1.54) is 19.1 Å². The molecule has 0 aromatic heterocycles. The molecule has 0 saturated carbocycles. The van der Waals surface area contributed by atoms with E-state index < -0.39 is 11.8 Å². The number of aliphatic carboxylic acids is 1. The number of carboxylic acid groups (broad SMARTS) is 1. The third-order valence-electron chi connectivity index (χ3n) is 6.22. The van der Waals surface area contributed by atoms with Crippen molar-refractivity contribution >= 4 is 35.2 Å². The van der Waals surface area contributed by atoms with Gasteiger partial charge in [-0.05, 0) is 87.4 Å². The molecule has 1 atom stereocenters. The van der Waals surface area contributed by atoms with Crippen LogP contribution in [0, 0.1) is 5.92 Å². The minimum absolute atomic E-state index is 0.0378. The van der Waals surface area contributed by atoms with E-state index in [9.17, 15) is 18.4 Å². The highest BCUT2D eigenvalue weighted by Gasteiger charge is 2.19. The van der Waals surface area contributed by atoms with Gasteiger partial charge in [-0.3, -0.25) is 19.6 Å². The number of benzene rings is 1. The van der Waals surface area contributed by atoms with Gasteiger partial charge in [-0.2, -0.15) is 0 Å². The first kappa shape index (κ1) is 35.8. The van der Waals surface area contributed by atoms with Crippen LogP contribution in [0.5, 0.6) is 0 Å². The number of carboxylic acids is 1. The maximum atomic E-state index is 13.6. The normalized spacial score (nSPS) is 14.3. The van der Waals surface area contributed by atoms with Crippen molar-refractivity contribution in [3.63, 3.8) is 0 Å². The lowest BCUT2D eigenvalue weighted by Gasteiger charge is -2.23. The van der Waals surface area contributed by atoms with Gasteiger partial charge >= 0.3 is 5.97 Å². The quantitative estimate of drug-likeness (QED) is 0.109. The summed E-state index contributed by atoms with van der Waals surface area (Å²) < 4.78 is 26.9. The van der Waals surface area contributed by atoms with Crippen LogP contribution in [-0.4, -0.2) is 35.0 Å². The highest BCUT2D eigenvalue weighted by atomic mass is 19.1. The number of carbonyl (C=O) groups is 2. The fourth-order valence-electron chi connectivity index (χ4n) is 3.93. The number of rotatable bonds is 17. The van der Waals surface area contributed by atoms with Gasteiger partial charge in [0.05, 0.1) is 23.2 Å². The SMILES string of the molecule is C=C/C(F)=C\C=C(/C)C(NC(=O)c1ccc(/N=C(CC)/C(C=C)=C/C=C(\C)F)c(/N=C/CCCCC(=O)O)c1)C(C)C. The minimum atomic E-state index is -0.843. The van der Waals surface area contributed by atoms with Crippen LogP contribution in [0.15, 0.2) is 101 Å². The van der Waals surface area contributed by atoms with Gasteiger partial charge in [0.2, 0.25) is 0 Å². The third-order valence-corrected chi connectivity index (χ3v) is 6.22. The fraction of sp³-hybridized carbons (Fsp3) is 0.353. The van der Waals surface area contributed by atoms with Crippen molar-refractivity contribution in [1.82, 2.24) is 5.32 Å². The molecule has 1 aromatic carbocycles. The Morgan fingerprint density at radius 2 is 1.74 bits per heavy atom. The summed E-state index contributed by atoms with van der Waals surface area (Å²) >= 11 is 0. The lowest BCUT2D eigenvalue weighted by molar-refractivity contribution is -0.137. The van der Waals surface area contributed by atoms with Gasteiger partial charge in [-0.15, -0.1) is 0 Å². The van der Waals surface area contributed by atoms with Gasteiger partial charge in [0.15, 0.2) is 0 Å². The Kier molecular flexibility index (Phi) is 16.2. The molecule has 0 aliphatic rings. The molecule has 2 N–H and O–H groups in total. The average molecular weight is 580 g/mol. The van der Waals surface area contributed by atoms with Gasteiger partial charge in [0.25, 0.3) is 5.91 Å². The predicted octanol–water partition coefficient (Wildman–Crippen LogP) is 9.24. The highest BCUT2D eigenvalue weighted by molar-refractivity contribution is 6.05. The topological polar surface area (TPSA) is 91.1 Å². The van der Waals surface area contributed by atoms with Gasteiger partial charge < -0.3 is 10.4 Å². The molecule has 6 nitrogen and oxygen atoms in total. The molecule has 1 amide bonds. The van der Waals surface area contributed by atoms with Gasteiger partial charge in [0, 0.05) is 23.9 Å². The molecule has 42 heavy (non-hydrogen) atoms. The molecule has 0 bridgehead atoms. The maximum absolute atomic E-state index is 13.6. The Morgan fingerprint density at radius 3 is 2.31 bits per heavy atom. The largest absolute Gasteiger partial charge is 0.481 e. The summed E-state index contributed by atoms with van der Waals surface area (Å²) in [4.78, 5) is 33.5. The van der Waals surface area contributed by atoms with E-state index in [1.54, 1.807) is 42.6 Å². The maximum Gasteiger partial charge on any atom is 0.303 e. The third kappa shape index (κ3) is 13.0. The number of carbonyl (C=O) groups excluding carboxylic acids is 1. The number of hydrogen-bond acceptors (Lipinski definition) is 4. The Balaban J connectivity index is 3.48. The first-order valence-corrected chi connectivity index (χ1v) is 14.0. The standard InChI is InChI=1S/C34H43F2N3O3/c1-8-26(17-16-25(7)35)29(10-3)38-30-20-18-27(22-31(30)37-21-13-11-12-14-32(40)41)34(42)39-33(23(4)5)24(6)15-19-28(36)9-2/h8-9,15-23,33H,1-2,10-14H2,3-7H3,(H,39,42)(H,40,41)/b24-15+,25-16+,26-17+,28-19+,37-21+,38-29+. The van der Waals surface area contributed by atoms with Crippen molar-refractivity contribution in [3.8, 4) is 0 Å². The van der Waals surface area contributed by atoms with Crippen molar-refractivity contribution in [2.24, 2.45) is 15.9 Å². The molecule has 0 spiro atoms. The predicted molar refractivity (Wildman–Crippen MR) is 170 cm³/mol. The molecule has 0 aliphatic carbocycles. The number of halogens is 2. The van der Waals surface area contributed by atoms with E-state index in [1.807, 2.05) is 27.7 Å². The molecular formula is C34H43F2N3O3. The van der Waals surface area contributed by atoms with Crippen LogP contribution >= 0.6 is 0 Å². The summed E-state index contributed by atoms with van der Waals surface area (Å²) in [5, 5.41) is 11.9. The lowest BCUT2D eigenvalue weighted by atomic mass is 9.96. The number of nitrogens with zero attached hydrogens (tertiary/aromatic N) is 2. The number of nitrogens with one attached hydrogen (secondary N) is 1. The van der Waals surface area contributed by atoms with Crippen molar-refractivity contribution in [2.45, 2.75) is 72.8 Å². The zero-order valence-corrected chi connectivity index (χ0v) is 25.3. The summed E-state index contributed by atoms with van der Waals surface area (Å²) in [7, 11) is 0. The number of hydrogen-bond donors (Lipinski definition) is 2. The number of allylic oxidation sites excluding steroid dienone is 9. The number of aliphatic imine (C=N–C) groups is 2. The second-order valence-electron chi connectivity index (χ2n) is 10.0. The van der Waals surface area contributed by atoms with Crippen LogP contribution < -0.4 is 5.32 Å². The van der Waals surface area contributed by atoms with Gasteiger partial charge in [0.1, 0.15) is 5.83 Å². The molecule has 1 aromatic rings. The zero-order valence-electron chi connectivity index (χ0n) is 25.3. The minimum Gasteiger partial charge on any atom is -0.481 e.